The average molecular weight is 345 g/mol. The van der Waals surface area contributed by atoms with Gasteiger partial charge in [-0.1, -0.05) is 11.6 Å². The smallest absolute Gasteiger partial charge is 0.409 e. The van der Waals surface area contributed by atoms with E-state index < -0.39 is 0 Å². The first-order valence-electron chi connectivity index (χ1n) is 7.31. The Kier molecular flexibility index (Phi) is 5.69. The van der Waals surface area contributed by atoms with Gasteiger partial charge in [0.2, 0.25) is 0 Å². The van der Waals surface area contributed by atoms with Crippen LogP contribution in [0.3, 0.4) is 0 Å². The van der Waals surface area contributed by atoms with Crippen LogP contribution >= 0.6 is 22.9 Å². The van der Waals surface area contributed by atoms with Crippen molar-refractivity contribution in [2.45, 2.75) is 32.7 Å². The Morgan fingerprint density at radius 3 is 2.86 bits per heavy atom. The second kappa shape index (κ2) is 7.33. The highest BCUT2D eigenvalue weighted by Gasteiger charge is 2.29. The number of hydrogen-bond acceptors (Lipinski definition) is 4. The van der Waals surface area contributed by atoms with Crippen molar-refractivity contribution in [3.63, 3.8) is 0 Å². The third kappa shape index (κ3) is 3.73. The standard InChI is InChI=1S/C15H21ClN2O3S/c1-9-8-22-13(12(9)16)14(19)17-10(2)11-5-4-6-18(7-11)15(20)21-3/h8,10-11H,4-7H2,1-3H3,(H,17,19)/t10-,11+/m1/s1. The molecule has 22 heavy (non-hydrogen) atoms. The molecule has 2 atom stereocenters. The number of halogens is 1. The maximum Gasteiger partial charge on any atom is 0.409 e. The molecule has 2 heterocycles. The third-order valence-corrected chi connectivity index (χ3v) is 5.76. The molecule has 7 heteroatoms. The molecular formula is C15H21ClN2O3S. The number of nitrogens with one attached hydrogen (secondary N) is 1. The Bertz CT molecular complexity index is 561. The summed E-state index contributed by atoms with van der Waals surface area (Å²) in [5.74, 6) is 0.0717. The fourth-order valence-corrected chi connectivity index (χ4v) is 3.87. The summed E-state index contributed by atoms with van der Waals surface area (Å²) < 4.78 is 4.77. The summed E-state index contributed by atoms with van der Waals surface area (Å²) >= 11 is 7.49. The minimum atomic E-state index is -0.305. The summed E-state index contributed by atoms with van der Waals surface area (Å²) in [6, 6.07) is -0.0292. The largest absolute Gasteiger partial charge is 0.453 e. The molecule has 0 bridgehead atoms. The number of amides is 2. The summed E-state index contributed by atoms with van der Waals surface area (Å²) in [6.07, 6.45) is 1.59. The van der Waals surface area contributed by atoms with E-state index in [0.29, 0.717) is 23.0 Å². The minimum Gasteiger partial charge on any atom is -0.453 e. The molecule has 1 saturated heterocycles. The first-order valence-corrected chi connectivity index (χ1v) is 8.57. The lowest BCUT2D eigenvalue weighted by molar-refractivity contribution is 0.0854. The summed E-state index contributed by atoms with van der Waals surface area (Å²) in [7, 11) is 1.39. The van der Waals surface area contributed by atoms with Crippen molar-refractivity contribution in [1.29, 1.82) is 0 Å². The van der Waals surface area contributed by atoms with Gasteiger partial charge in [0, 0.05) is 19.1 Å². The number of nitrogens with zero attached hydrogens (tertiary/aromatic N) is 1. The molecule has 1 fully saturated rings. The number of hydrogen-bond donors (Lipinski definition) is 1. The lowest BCUT2D eigenvalue weighted by Gasteiger charge is -2.35. The zero-order chi connectivity index (χ0) is 16.3. The molecule has 2 rings (SSSR count). The molecule has 1 aliphatic heterocycles. The fourth-order valence-electron chi connectivity index (χ4n) is 2.69. The van der Waals surface area contributed by atoms with E-state index in [-0.39, 0.29) is 24.0 Å². The van der Waals surface area contributed by atoms with E-state index >= 15 is 0 Å². The van der Waals surface area contributed by atoms with E-state index in [9.17, 15) is 9.59 Å². The van der Waals surface area contributed by atoms with E-state index in [1.165, 1.54) is 18.4 Å². The van der Waals surface area contributed by atoms with Gasteiger partial charge in [0.05, 0.1) is 12.1 Å². The Morgan fingerprint density at radius 2 is 2.27 bits per heavy atom. The zero-order valence-electron chi connectivity index (χ0n) is 13.0. The van der Waals surface area contributed by atoms with E-state index in [4.69, 9.17) is 16.3 Å². The molecule has 0 aliphatic carbocycles. The zero-order valence-corrected chi connectivity index (χ0v) is 14.6. The summed E-state index contributed by atoms with van der Waals surface area (Å²) in [6.45, 7) is 5.16. The van der Waals surface area contributed by atoms with Gasteiger partial charge in [0.25, 0.3) is 5.91 Å². The molecule has 0 saturated carbocycles. The third-order valence-electron chi connectivity index (χ3n) is 4.06. The molecule has 1 aliphatic rings. The SMILES string of the molecule is COC(=O)N1CCC[C@H]([C@@H](C)NC(=O)c2scc(C)c2Cl)C1. The number of thiophene rings is 1. The highest BCUT2D eigenvalue weighted by Crippen LogP contribution is 2.27. The van der Waals surface area contributed by atoms with Gasteiger partial charge in [0.1, 0.15) is 4.88 Å². The quantitative estimate of drug-likeness (QED) is 0.915. The fraction of sp³-hybridized carbons (Fsp3) is 0.600. The Hall–Kier alpha value is -1.27. The summed E-state index contributed by atoms with van der Waals surface area (Å²) in [5, 5.41) is 5.41. The van der Waals surface area contributed by atoms with Gasteiger partial charge in [-0.25, -0.2) is 4.79 Å². The number of carbonyl (C=O) groups is 2. The second-order valence-corrected chi connectivity index (χ2v) is 6.90. The predicted molar refractivity (Wildman–Crippen MR) is 87.7 cm³/mol. The second-order valence-electron chi connectivity index (χ2n) is 5.64. The maximum atomic E-state index is 12.3. The Morgan fingerprint density at radius 1 is 1.55 bits per heavy atom. The van der Waals surface area contributed by atoms with Crippen LogP contribution in [-0.4, -0.2) is 43.1 Å². The van der Waals surface area contributed by atoms with Crippen LogP contribution in [0.25, 0.3) is 0 Å². The molecule has 1 aromatic heterocycles. The Labute approximate surface area is 139 Å². The molecule has 2 amide bonds. The van der Waals surface area contributed by atoms with Crippen LogP contribution in [0.2, 0.25) is 5.02 Å². The Balaban J connectivity index is 1.96. The first kappa shape index (κ1) is 17.1. The number of likely N-dealkylation sites (tertiary alicyclic amines) is 1. The molecule has 0 spiro atoms. The molecular weight excluding hydrogens is 324 g/mol. The van der Waals surface area contributed by atoms with Gasteiger partial charge in [-0.2, -0.15) is 0 Å². The van der Waals surface area contributed by atoms with Crippen molar-refractivity contribution in [1.82, 2.24) is 10.2 Å². The van der Waals surface area contributed by atoms with Crippen LogP contribution in [0.15, 0.2) is 5.38 Å². The van der Waals surface area contributed by atoms with Crippen molar-refractivity contribution in [3.8, 4) is 0 Å². The molecule has 0 radical (unpaired) electrons. The van der Waals surface area contributed by atoms with Gasteiger partial charge in [-0.05, 0) is 43.6 Å². The monoisotopic (exact) mass is 344 g/mol. The van der Waals surface area contributed by atoms with Crippen LogP contribution in [0.1, 0.15) is 35.0 Å². The number of ether oxygens (including phenoxy) is 1. The highest BCUT2D eigenvalue weighted by molar-refractivity contribution is 7.13. The van der Waals surface area contributed by atoms with Gasteiger partial charge in [-0.3, -0.25) is 4.79 Å². The topological polar surface area (TPSA) is 58.6 Å². The van der Waals surface area contributed by atoms with Gasteiger partial charge >= 0.3 is 6.09 Å². The molecule has 1 aromatic rings. The van der Waals surface area contributed by atoms with Crippen LogP contribution in [0.5, 0.6) is 0 Å². The lowest BCUT2D eigenvalue weighted by atomic mass is 9.91. The number of methoxy groups -OCH3 is 1. The number of rotatable bonds is 3. The van der Waals surface area contributed by atoms with Crippen molar-refractivity contribution < 1.29 is 14.3 Å². The molecule has 0 aromatic carbocycles. The van der Waals surface area contributed by atoms with E-state index in [2.05, 4.69) is 5.32 Å². The van der Waals surface area contributed by atoms with Gasteiger partial charge in [0.15, 0.2) is 0 Å². The number of aryl methyl sites for hydroxylation is 1. The minimum absolute atomic E-state index is 0.0292. The summed E-state index contributed by atoms with van der Waals surface area (Å²) in [4.78, 5) is 26.2. The van der Waals surface area contributed by atoms with E-state index in [1.54, 1.807) is 4.90 Å². The van der Waals surface area contributed by atoms with Gasteiger partial charge < -0.3 is 15.0 Å². The first-order chi connectivity index (χ1) is 10.4. The predicted octanol–water partition coefficient (Wildman–Crippen LogP) is 3.31. The van der Waals surface area contributed by atoms with Gasteiger partial charge in [-0.15, -0.1) is 11.3 Å². The molecule has 0 unspecified atom stereocenters. The maximum absolute atomic E-state index is 12.3. The molecule has 122 valence electrons. The normalized spacial score (nSPS) is 19.6. The van der Waals surface area contributed by atoms with E-state index in [1.807, 2.05) is 19.2 Å². The van der Waals surface area contributed by atoms with Crippen molar-refractivity contribution in [2.24, 2.45) is 5.92 Å². The van der Waals surface area contributed by atoms with Crippen LogP contribution in [0, 0.1) is 12.8 Å². The van der Waals surface area contributed by atoms with Crippen molar-refractivity contribution in [2.75, 3.05) is 20.2 Å². The number of carbonyl (C=O) groups excluding carboxylic acids is 2. The van der Waals surface area contributed by atoms with Crippen LogP contribution in [0.4, 0.5) is 4.79 Å². The lowest BCUT2D eigenvalue weighted by Crippen LogP contribution is -2.47. The van der Waals surface area contributed by atoms with E-state index in [0.717, 1.165) is 18.4 Å². The van der Waals surface area contributed by atoms with Crippen molar-refractivity contribution in [3.05, 3.63) is 20.8 Å². The highest BCUT2D eigenvalue weighted by atomic mass is 35.5. The van der Waals surface area contributed by atoms with Crippen LogP contribution in [-0.2, 0) is 4.74 Å². The number of piperidine rings is 1. The molecule has 5 nitrogen and oxygen atoms in total. The van der Waals surface area contributed by atoms with Crippen LogP contribution < -0.4 is 5.32 Å². The molecule has 1 N–H and O–H groups in total. The van der Waals surface area contributed by atoms with Crippen molar-refractivity contribution >= 4 is 34.9 Å². The summed E-state index contributed by atoms with van der Waals surface area (Å²) in [5.41, 5.74) is 0.916. The average Bonchev–Trinajstić information content (AvgIpc) is 2.86.